The second kappa shape index (κ2) is 8.24. The Kier molecular flexibility index (Phi) is 6.48. The highest BCUT2D eigenvalue weighted by atomic mass is 32.2. The number of methoxy groups -OCH3 is 2. The fourth-order valence-electron chi connectivity index (χ4n) is 3.14. The van der Waals surface area contributed by atoms with Gasteiger partial charge in [0.05, 0.1) is 27.0 Å². The van der Waals surface area contributed by atoms with Crippen LogP contribution in [0.5, 0.6) is 11.5 Å². The first-order chi connectivity index (χ1) is 12.2. The van der Waals surface area contributed by atoms with Crippen molar-refractivity contribution in [3.63, 3.8) is 0 Å². The van der Waals surface area contributed by atoms with Crippen molar-refractivity contribution >= 4 is 21.6 Å². The van der Waals surface area contributed by atoms with Gasteiger partial charge in [-0.25, -0.2) is 8.42 Å². The van der Waals surface area contributed by atoms with Gasteiger partial charge in [-0.3, -0.25) is 9.69 Å². The van der Waals surface area contributed by atoms with Gasteiger partial charge in [0.1, 0.15) is 11.5 Å². The fourth-order valence-corrected chi connectivity index (χ4v) is 4.33. The Labute approximate surface area is 155 Å². The lowest BCUT2D eigenvalue weighted by Crippen LogP contribution is -2.59. The van der Waals surface area contributed by atoms with E-state index in [1.807, 2.05) is 18.7 Å². The van der Waals surface area contributed by atoms with Crippen molar-refractivity contribution in [1.29, 1.82) is 0 Å². The standard InChI is InChI=1S/C17H27N3O5S/c1-12-13(2)20(26(5,22)23)7-6-19(12)11-17(21)18-14-8-15(24-3)10-16(9-14)25-4/h8-10,12-13H,6-7,11H2,1-5H3,(H,18,21)/t12-,13+/m0/s1. The van der Waals surface area contributed by atoms with Gasteiger partial charge in [-0.2, -0.15) is 4.31 Å². The lowest BCUT2D eigenvalue weighted by atomic mass is 10.1. The molecule has 1 aromatic carbocycles. The third-order valence-corrected chi connectivity index (χ3v) is 6.11. The molecule has 0 aliphatic carbocycles. The Morgan fingerprint density at radius 2 is 1.69 bits per heavy atom. The molecule has 26 heavy (non-hydrogen) atoms. The van der Waals surface area contributed by atoms with Crippen LogP contribution < -0.4 is 14.8 Å². The lowest BCUT2D eigenvalue weighted by molar-refractivity contribution is -0.118. The summed E-state index contributed by atoms with van der Waals surface area (Å²) in [6.07, 6.45) is 1.22. The second-order valence-electron chi connectivity index (χ2n) is 6.47. The maximum atomic E-state index is 12.4. The van der Waals surface area contributed by atoms with E-state index in [4.69, 9.17) is 9.47 Å². The van der Waals surface area contributed by atoms with E-state index in [-0.39, 0.29) is 24.5 Å². The number of nitrogens with one attached hydrogen (secondary N) is 1. The molecule has 1 aliphatic heterocycles. The summed E-state index contributed by atoms with van der Waals surface area (Å²) >= 11 is 0. The Morgan fingerprint density at radius 1 is 1.12 bits per heavy atom. The molecule has 0 bridgehead atoms. The molecule has 1 N–H and O–H groups in total. The Bertz CT molecular complexity index is 731. The van der Waals surface area contributed by atoms with E-state index in [1.54, 1.807) is 32.4 Å². The minimum Gasteiger partial charge on any atom is -0.497 e. The summed E-state index contributed by atoms with van der Waals surface area (Å²) in [5, 5.41) is 2.84. The van der Waals surface area contributed by atoms with Gasteiger partial charge < -0.3 is 14.8 Å². The van der Waals surface area contributed by atoms with Gasteiger partial charge in [0, 0.05) is 49.1 Å². The highest BCUT2D eigenvalue weighted by molar-refractivity contribution is 7.88. The van der Waals surface area contributed by atoms with Crippen LogP contribution in [-0.4, -0.2) is 75.7 Å². The summed E-state index contributed by atoms with van der Waals surface area (Å²) in [6.45, 7) is 4.87. The van der Waals surface area contributed by atoms with Crippen molar-refractivity contribution in [3.05, 3.63) is 18.2 Å². The Balaban J connectivity index is 2.02. The number of hydrogen-bond donors (Lipinski definition) is 1. The van der Waals surface area contributed by atoms with Crippen LogP contribution in [0, 0.1) is 0 Å². The molecule has 1 saturated heterocycles. The molecule has 1 fully saturated rings. The van der Waals surface area contributed by atoms with Crippen LogP contribution >= 0.6 is 0 Å². The van der Waals surface area contributed by atoms with Gasteiger partial charge >= 0.3 is 0 Å². The molecule has 2 rings (SSSR count). The monoisotopic (exact) mass is 385 g/mol. The van der Waals surface area contributed by atoms with Crippen molar-refractivity contribution in [3.8, 4) is 11.5 Å². The molecule has 1 heterocycles. The van der Waals surface area contributed by atoms with Gasteiger partial charge in [0.25, 0.3) is 0 Å². The molecule has 1 amide bonds. The zero-order valence-electron chi connectivity index (χ0n) is 15.9. The molecule has 0 spiro atoms. The second-order valence-corrected chi connectivity index (χ2v) is 8.41. The number of carbonyl (C=O) groups excluding carboxylic acids is 1. The number of piperazine rings is 1. The SMILES string of the molecule is COc1cc(NC(=O)CN2CCN(S(C)(=O)=O)[C@H](C)[C@@H]2C)cc(OC)c1. The van der Waals surface area contributed by atoms with Crippen molar-refractivity contribution in [2.24, 2.45) is 0 Å². The van der Waals surface area contributed by atoms with E-state index in [0.717, 1.165) is 0 Å². The number of rotatable bonds is 6. The molecule has 8 nitrogen and oxygen atoms in total. The van der Waals surface area contributed by atoms with Crippen LogP contribution in [0.15, 0.2) is 18.2 Å². The van der Waals surface area contributed by atoms with Gasteiger partial charge in [-0.05, 0) is 13.8 Å². The predicted molar refractivity (Wildman–Crippen MR) is 100 cm³/mol. The van der Waals surface area contributed by atoms with Crippen LogP contribution in [0.1, 0.15) is 13.8 Å². The molecule has 2 atom stereocenters. The Morgan fingerprint density at radius 3 is 2.19 bits per heavy atom. The molecule has 9 heteroatoms. The van der Waals surface area contributed by atoms with Crippen molar-refractivity contribution < 1.29 is 22.7 Å². The van der Waals surface area contributed by atoms with Gasteiger partial charge in [0.2, 0.25) is 15.9 Å². The number of anilines is 1. The van der Waals surface area contributed by atoms with E-state index < -0.39 is 10.0 Å². The van der Waals surface area contributed by atoms with Crippen LogP contribution in [0.2, 0.25) is 0 Å². The number of amides is 1. The van der Waals surface area contributed by atoms with Crippen molar-refractivity contribution in [2.75, 3.05) is 45.4 Å². The van der Waals surface area contributed by atoms with E-state index >= 15 is 0 Å². The largest absolute Gasteiger partial charge is 0.497 e. The van der Waals surface area contributed by atoms with E-state index in [1.165, 1.54) is 10.6 Å². The first kappa shape index (κ1) is 20.5. The van der Waals surface area contributed by atoms with E-state index in [0.29, 0.717) is 30.3 Å². The molecule has 0 unspecified atom stereocenters. The van der Waals surface area contributed by atoms with Crippen LogP contribution in [-0.2, 0) is 14.8 Å². The molecule has 1 aromatic rings. The summed E-state index contributed by atoms with van der Waals surface area (Å²) < 4.78 is 35.6. The molecule has 146 valence electrons. The average Bonchev–Trinajstić information content (AvgIpc) is 2.57. The molecule has 1 aliphatic rings. The van der Waals surface area contributed by atoms with Gasteiger partial charge in [0.15, 0.2) is 0 Å². The van der Waals surface area contributed by atoms with Crippen LogP contribution in [0.3, 0.4) is 0 Å². The third kappa shape index (κ3) is 4.87. The minimum atomic E-state index is -3.25. The fraction of sp³-hybridized carbons (Fsp3) is 0.588. The summed E-state index contributed by atoms with van der Waals surface area (Å²) in [4.78, 5) is 14.4. The molecular formula is C17H27N3O5S. The minimum absolute atomic E-state index is 0.0657. The average molecular weight is 385 g/mol. The van der Waals surface area contributed by atoms with Crippen molar-refractivity contribution in [1.82, 2.24) is 9.21 Å². The van der Waals surface area contributed by atoms with Gasteiger partial charge in [-0.1, -0.05) is 0 Å². The van der Waals surface area contributed by atoms with Crippen molar-refractivity contribution in [2.45, 2.75) is 25.9 Å². The zero-order valence-corrected chi connectivity index (χ0v) is 16.7. The molecular weight excluding hydrogens is 358 g/mol. The number of hydrogen-bond acceptors (Lipinski definition) is 6. The quantitative estimate of drug-likeness (QED) is 0.786. The summed E-state index contributed by atoms with van der Waals surface area (Å²) in [5.41, 5.74) is 0.585. The Hall–Kier alpha value is -1.84. The first-order valence-electron chi connectivity index (χ1n) is 8.39. The smallest absolute Gasteiger partial charge is 0.238 e. The van der Waals surface area contributed by atoms with Gasteiger partial charge in [-0.15, -0.1) is 0 Å². The number of nitrogens with zero attached hydrogens (tertiary/aromatic N) is 2. The van der Waals surface area contributed by atoms with Crippen LogP contribution in [0.25, 0.3) is 0 Å². The summed E-state index contributed by atoms with van der Waals surface area (Å²) in [5.74, 6) is 0.999. The highest BCUT2D eigenvalue weighted by Gasteiger charge is 2.35. The first-order valence-corrected chi connectivity index (χ1v) is 10.2. The topological polar surface area (TPSA) is 88.2 Å². The normalized spacial score (nSPS) is 22.0. The zero-order chi connectivity index (χ0) is 19.5. The number of ether oxygens (including phenoxy) is 2. The maximum Gasteiger partial charge on any atom is 0.238 e. The maximum absolute atomic E-state index is 12.4. The summed E-state index contributed by atoms with van der Waals surface area (Å²) in [7, 11) is -0.153. The van der Waals surface area contributed by atoms with Crippen LogP contribution in [0.4, 0.5) is 5.69 Å². The molecule has 0 aromatic heterocycles. The predicted octanol–water partition coefficient (Wildman–Crippen LogP) is 0.997. The number of sulfonamides is 1. The number of carbonyl (C=O) groups is 1. The van der Waals surface area contributed by atoms with E-state index in [9.17, 15) is 13.2 Å². The highest BCUT2D eigenvalue weighted by Crippen LogP contribution is 2.26. The number of benzene rings is 1. The lowest BCUT2D eigenvalue weighted by Gasteiger charge is -2.43. The molecule has 0 saturated carbocycles. The van der Waals surface area contributed by atoms with E-state index in [2.05, 4.69) is 5.32 Å². The third-order valence-electron chi connectivity index (χ3n) is 4.74. The summed E-state index contributed by atoms with van der Waals surface area (Å²) in [6, 6.07) is 4.90. The molecule has 0 radical (unpaired) electrons.